The van der Waals surface area contributed by atoms with Crippen molar-refractivity contribution < 1.29 is 14.6 Å². The fraction of sp³-hybridized carbons (Fsp3) is 0.900. The first-order valence-corrected chi connectivity index (χ1v) is 5.20. The van der Waals surface area contributed by atoms with Crippen molar-refractivity contribution in [3.63, 3.8) is 0 Å². The molecule has 0 aromatic heterocycles. The van der Waals surface area contributed by atoms with Gasteiger partial charge in [-0.1, -0.05) is 0 Å². The average Bonchev–Trinajstić information content (AvgIpc) is 2.16. The number of carboxylic acids is 1. The van der Waals surface area contributed by atoms with Gasteiger partial charge < -0.3 is 15.6 Å². The Labute approximate surface area is 91.2 Å². The van der Waals surface area contributed by atoms with Gasteiger partial charge in [0, 0.05) is 26.2 Å². The summed E-state index contributed by atoms with van der Waals surface area (Å²) in [7, 11) is 1.65. The summed E-state index contributed by atoms with van der Waals surface area (Å²) in [5.41, 5.74) is 5.44. The maximum Gasteiger partial charge on any atom is 0.320 e. The van der Waals surface area contributed by atoms with Gasteiger partial charge >= 0.3 is 5.97 Å². The zero-order valence-electron chi connectivity index (χ0n) is 9.77. The number of rotatable bonds is 8. The van der Waals surface area contributed by atoms with E-state index < -0.39 is 12.0 Å². The second-order valence-electron chi connectivity index (χ2n) is 3.86. The highest BCUT2D eigenvalue weighted by Crippen LogP contribution is 2.01. The Morgan fingerprint density at radius 2 is 2.07 bits per heavy atom. The van der Waals surface area contributed by atoms with Crippen LogP contribution in [0.2, 0.25) is 0 Å². The van der Waals surface area contributed by atoms with E-state index in [1.807, 2.05) is 0 Å². The minimum absolute atomic E-state index is 0.376. The monoisotopic (exact) mass is 218 g/mol. The third-order valence-corrected chi connectivity index (χ3v) is 2.36. The number of aliphatic carboxylic acids is 1. The molecule has 0 heterocycles. The van der Waals surface area contributed by atoms with Gasteiger partial charge in [-0.25, -0.2) is 0 Å². The van der Waals surface area contributed by atoms with E-state index in [0.717, 1.165) is 6.54 Å². The van der Waals surface area contributed by atoms with Crippen LogP contribution in [0.5, 0.6) is 0 Å². The first kappa shape index (κ1) is 14.3. The number of nitrogens with two attached hydrogens (primary N) is 1. The van der Waals surface area contributed by atoms with Crippen molar-refractivity contribution in [1.29, 1.82) is 0 Å². The second-order valence-corrected chi connectivity index (χ2v) is 3.86. The summed E-state index contributed by atoms with van der Waals surface area (Å²) >= 11 is 0. The van der Waals surface area contributed by atoms with Crippen molar-refractivity contribution in [3.05, 3.63) is 0 Å². The first-order valence-electron chi connectivity index (χ1n) is 5.20. The van der Waals surface area contributed by atoms with Crippen molar-refractivity contribution in [3.8, 4) is 0 Å². The first-order chi connectivity index (χ1) is 6.99. The third kappa shape index (κ3) is 6.43. The molecule has 90 valence electrons. The summed E-state index contributed by atoms with van der Waals surface area (Å²) in [4.78, 5) is 12.7. The molecule has 3 N–H and O–H groups in total. The van der Waals surface area contributed by atoms with Crippen LogP contribution in [0.3, 0.4) is 0 Å². The van der Waals surface area contributed by atoms with Crippen molar-refractivity contribution in [1.82, 2.24) is 4.90 Å². The van der Waals surface area contributed by atoms with Crippen LogP contribution in [0.15, 0.2) is 0 Å². The Balaban J connectivity index is 3.90. The Morgan fingerprint density at radius 3 is 2.47 bits per heavy atom. The maximum absolute atomic E-state index is 10.5. The molecule has 0 aliphatic carbocycles. The lowest BCUT2D eigenvalue weighted by Crippen LogP contribution is -2.39. The summed E-state index contributed by atoms with van der Waals surface area (Å²) in [5, 5.41) is 8.64. The molecule has 15 heavy (non-hydrogen) atoms. The van der Waals surface area contributed by atoms with Crippen molar-refractivity contribution >= 4 is 5.97 Å². The highest BCUT2D eigenvalue weighted by molar-refractivity contribution is 5.72. The second kappa shape index (κ2) is 7.62. The molecule has 0 aliphatic heterocycles. The van der Waals surface area contributed by atoms with E-state index in [4.69, 9.17) is 15.6 Å². The minimum Gasteiger partial charge on any atom is -0.480 e. The number of carbonyl (C=O) groups is 1. The van der Waals surface area contributed by atoms with Crippen LogP contribution in [0, 0.1) is 0 Å². The van der Waals surface area contributed by atoms with Crippen molar-refractivity contribution in [2.45, 2.75) is 32.4 Å². The van der Waals surface area contributed by atoms with E-state index in [0.29, 0.717) is 25.6 Å². The van der Waals surface area contributed by atoms with Gasteiger partial charge in [0.1, 0.15) is 6.04 Å². The van der Waals surface area contributed by atoms with Crippen molar-refractivity contribution in [2.75, 3.05) is 26.8 Å². The number of hydrogen-bond acceptors (Lipinski definition) is 4. The van der Waals surface area contributed by atoms with E-state index in [1.54, 1.807) is 7.11 Å². The lowest BCUT2D eigenvalue weighted by Gasteiger charge is -2.26. The van der Waals surface area contributed by atoms with Crippen LogP contribution >= 0.6 is 0 Å². The molecule has 5 nitrogen and oxygen atoms in total. The fourth-order valence-corrected chi connectivity index (χ4v) is 1.27. The van der Waals surface area contributed by atoms with E-state index in [2.05, 4.69) is 18.7 Å². The van der Waals surface area contributed by atoms with Crippen LogP contribution in [0.1, 0.15) is 20.3 Å². The molecule has 1 atom stereocenters. The Kier molecular flexibility index (Phi) is 7.29. The highest BCUT2D eigenvalue weighted by atomic mass is 16.5. The Bertz CT molecular complexity index is 186. The van der Waals surface area contributed by atoms with Gasteiger partial charge in [-0.3, -0.25) is 9.69 Å². The molecular weight excluding hydrogens is 196 g/mol. The predicted molar refractivity (Wildman–Crippen MR) is 58.8 cm³/mol. The van der Waals surface area contributed by atoms with Crippen LogP contribution in [0.25, 0.3) is 0 Å². The van der Waals surface area contributed by atoms with Crippen LogP contribution in [-0.4, -0.2) is 54.9 Å². The number of methoxy groups -OCH3 is 1. The lowest BCUT2D eigenvalue weighted by molar-refractivity contribution is -0.138. The normalized spacial score (nSPS) is 13.5. The van der Waals surface area contributed by atoms with E-state index >= 15 is 0 Å². The zero-order valence-corrected chi connectivity index (χ0v) is 9.77. The number of hydrogen-bond donors (Lipinski definition) is 2. The molecule has 0 saturated heterocycles. The number of ether oxygens (including phenoxy) is 1. The summed E-state index contributed by atoms with van der Waals surface area (Å²) in [5.74, 6) is -0.939. The minimum atomic E-state index is -0.939. The maximum atomic E-state index is 10.5. The topological polar surface area (TPSA) is 75.8 Å². The molecule has 0 saturated carbocycles. The molecule has 5 heteroatoms. The van der Waals surface area contributed by atoms with Crippen LogP contribution in [0.4, 0.5) is 0 Å². The Morgan fingerprint density at radius 1 is 1.47 bits per heavy atom. The number of nitrogens with zero attached hydrogens (tertiary/aromatic N) is 1. The quantitative estimate of drug-likeness (QED) is 0.606. The SMILES string of the molecule is COCCN(CCC(N)C(=O)O)C(C)C. The molecule has 0 radical (unpaired) electrons. The van der Waals surface area contributed by atoms with Crippen LogP contribution < -0.4 is 5.73 Å². The molecule has 1 unspecified atom stereocenters. The van der Waals surface area contributed by atoms with Gasteiger partial charge in [0.05, 0.1) is 6.61 Å². The van der Waals surface area contributed by atoms with E-state index in [-0.39, 0.29) is 0 Å². The molecule has 0 amide bonds. The Hall–Kier alpha value is -0.650. The molecule has 0 spiro atoms. The summed E-state index contributed by atoms with van der Waals surface area (Å²) in [6.07, 6.45) is 0.469. The summed E-state index contributed by atoms with van der Waals surface area (Å²) in [6.45, 7) is 6.29. The third-order valence-electron chi connectivity index (χ3n) is 2.36. The van der Waals surface area contributed by atoms with E-state index in [1.165, 1.54) is 0 Å². The smallest absolute Gasteiger partial charge is 0.320 e. The van der Waals surface area contributed by atoms with Crippen LogP contribution in [-0.2, 0) is 9.53 Å². The molecule has 0 aliphatic rings. The molecule has 0 fully saturated rings. The largest absolute Gasteiger partial charge is 0.480 e. The number of carboxylic acid groups (broad SMARTS) is 1. The molecular formula is C10H22N2O3. The van der Waals surface area contributed by atoms with Gasteiger partial charge in [0.15, 0.2) is 0 Å². The van der Waals surface area contributed by atoms with E-state index in [9.17, 15) is 4.79 Å². The molecule has 0 rings (SSSR count). The zero-order chi connectivity index (χ0) is 11.8. The molecule has 0 aromatic rings. The standard InChI is InChI=1S/C10H22N2O3/c1-8(2)12(6-7-15-3)5-4-9(11)10(13)14/h8-9H,4-7,11H2,1-3H3,(H,13,14). The van der Waals surface area contributed by atoms with Gasteiger partial charge in [-0.05, 0) is 20.3 Å². The summed E-state index contributed by atoms with van der Waals surface area (Å²) < 4.78 is 4.99. The molecule has 0 bridgehead atoms. The average molecular weight is 218 g/mol. The van der Waals surface area contributed by atoms with Gasteiger partial charge in [0.25, 0.3) is 0 Å². The van der Waals surface area contributed by atoms with Gasteiger partial charge in [0.2, 0.25) is 0 Å². The predicted octanol–water partition coefficient (Wildman–Crippen LogP) is 0.145. The van der Waals surface area contributed by atoms with Gasteiger partial charge in [-0.2, -0.15) is 0 Å². The summed E-state index contributed by atoms with van der Waals surface area (Å²) in [6, 6.07) is -0.394. The fourth-order valence-electron chi connectivity index (χ4n) is 1.27. The molecule has 0 aromatic carbocycles. The highest BCUT2D eigenvalue weighted by Gasteiger charge is 2.15. The lowest BCUT2D eigenvalue weighted by atomic mass is 10.2. The van der Waals surface area contributed by atoms with Crippen molar-refractivity contribution in [2.24, 2.45) is 5.73 Å². The van der Waals surface area contributed by atoms with Gasteiger partial charge in [-0.15, -0.1) is 0 Å².